The molecule has 0 saturated heterocycles. The van der Waals surface area contributed by atoms with Crippen molar-refractivity contribution in [2.45, 2.75) is 0 Å². The molecule has 42 valence electrons. The van der Waals surface area contributed by atoms with E-state index in [2.05, 4.69) is 14.7 Å². The van der Waals surface area contributed by atoms with Gasteiger partial charge in [-0.15, -0.1) is 0 Å². The van der Waals surface area contributed by atoms with Crippen LogP contribution in [0.1, 0.15) is 0 Å². The molecule has 0 aromatic rings. The summed E-state index contributed by atoms with van der Waals surface area (Å²) in [6, 6.07) is 0. The zero-order valence-electron chi connectivity index (χ0n) is 4.64. The van der Waals surface area contributed by atoms with E-state index in [1.807, 2.05) is 14.1 Å². The standard InChI is InChI=1S/C4H10N2.W/c1-5-4-6(2)3;/h2,5H,4H2,1,3H3;. The van der Waals surface area contributed by atoms with Crippen LogP contribution >= 0.6 is 0 Å². The van der Waals surface area contributed by atoms with E-state index in [0.29, 0.717) is 0 Å². The molecule has 0 atom stereocenters. The molecular formula is C4H10N2W. The summed E-state index contributed by atoms with van der Waals surface area (Å²) in [6.45, 7) is 0.948. The van der Waals surface area contributed by atoms with Crippen LogP contribution in [0.25, 0.3) is 0 Å². The van der Waals surface area contributed by atoms with Gasteiger partial charge >= 0.3 is 54.9 Å². The van der Waals surface area contributed by atoms with Crippen molar-refractivity contribution < 1.29 is 19.4 Å². The topological polar surface area (TPSA) is 15.3 Å². The fourth-order valence-corrected chi connectivity index (χ4v) is 0.554. The van der Waals surface area contributed by atoms with Crippen LogP contribution in [0.2, 0.25) is 0 Å². The third-order valence-electron chi connectivity index (χ3n) is 0.587. The number of nitrogens with zero attached hydrogens (tertiary/aromatic N) is 1. The van der Waals surface area contributed by atoms with Gasteiger partial charge in [0, 0.05) is 0 Å². The zero-order valence-corrected chi connectivity index (χ0v) is 7.57. The molecule has 0 aliphatic heterocycles. The third-order valence-corrected chi connectivity index (χ3v) is 1.88. The molecule has 0 radical (unpaired) electrons. The minimum absolute atomic E-state index is 0.948. The second-order valence-corrected chi connectivity index (χ2v) is 2.13. The molecule has 0 aromatic carbocycles. The number of nitrogens with one attached hydrogen (secondary N) is 1. The monoisotopic (exact) mass is 270 g/mol. The normalized spacial score (nSPS) is 9.57. The van der Waals surface area contributed by atoms with Gasteiger partial charge in [0.2, 0.25) is 0 Å². The van der Waals surface area contributed by atoms with E-state index in [1.54, 1.807) is 0 Å². The van der Waals surface area contributed by atoms with Gasteiger partial charge in [-0.2, -0.15) is 0 Å². The molecule has 0 aliphatic rings. The number of hydrogen-bond donors (Lipinski definition) is 1. The van der Waals surface area contributed by atoms with Gasteiger partial charge in [-0.3, -0.25) is 0 Å². The quantitative estimate of drug-likeness (QED) is 0.689. The molecule has 3 heteroatoms. The second kappa shape index (κ2) is 4.63. The van der Waals surface area contributed by atoms with Crippen LogP contribution < -0.4 is 5.32 Å². The summed E-state index contributed by atoms with van der Waals surface area (Å²) in [5, 5.41) is 3.03. The van der Waals surface area contributed by atoms with Crippen molar-refractivity contribution >= 4 is 4.52 Å². The molecule has 0 saturated carbocycles. The first-order valence-electron chi connectivity index (χ1n) is 2.11. The fraction of sp³-hybridized carbons (Fsp3) is 0.750. The number of rotatable bonds is 3. The van der Waals surface area contributed by atoms with Crippen molar-refractivity contribution in [2.75, 3.05) is 20.8 Å². The molecule has 1 N–H and O–H groups in total. The van der Waals surface area contributed by atoms with Gasteiger partial charge in [0.15, 0.2) is 0 Å². The average Bonchev–Trinajstić information content (AvgIpc) is 1.68. The maximum absolute atomic E-state index is 3.03. The zero-order chi connectivity index (χ0) is 5.70. The third kappa shape index (κ3) is 4.33. The predicted octanol–water partition coefficient (Wildman–Crippen LogP) is -0.598. The Kier molecular flexibility index (Phi) is 4.95. The molecular weight excluding hydrogens is 260 g/mol. The molecule has 0 spiro atoms. The van der Waals surface area contributed by atoms with Gasteiger partial charge in [-0.25, -0.2) is 0 Å². The van der Waals surface area contributed by atoms with E-state index in [9.17, 15) is 0 Å². The van der Waals surface area contributed by atoms with Gasteiger partial charge in [-0.1, -0.05) is 0 Å². The van der Waals surface area contributed by atoms with Crippen LogP contribution in [0.15, 0.2) is 0 Å². The molecule has 0 fully saturated rings. The van der Waals surface area contributed by atoms with E-state index in [4.69, 9.17) is 0 Å². The Labute approximate surface area is 55.3 Å². The molecule has 0 unspecified atom stereocenters. The molecule has 0 aliphatic carbocycles. The summed E-state index contributed by atoms with van der Waals surface area (Å²) >= 11 is 1.49. The van der Waals surface area contributed by atoms with Crippen LogP contribution in [-0.4, -0.2) is 30.2 Å². The van der Waals surface area contributed by atoms with Crippen LogP contribution in [0, 0.1) is 0 Å². The van der Waals surface area contributed by atoms with Crippen molar-refractivity contribution in [3.8, 4) is 0 Å². The van der Waals surface area contributed by atoms with Crippen LogP contribution in [0.3, 0.4) is 0 Å². The van der Waals surface area contributed by atoms with Crippen LogP contribution in [-0.2, 0) is 19.4 Å². The Morgan fingerprint density at radius 3 is 2.57 bits per heavy atom. The Balaban J connectivity index is 2.98. The summed E-state index contributed by atoms with van der Waals surface area (Å²) in [5.41, 5.74) is 0. The first-order chi connectivity index (χ1) is 3.31. The molecule has 0 heterocycles. The predicted molar refractivity (Wildman–Crippen MR) is 27.8 cm³/mol. The van der Waals surface area contributed by atoms with E-state index < -0.39 is 0 Å². The summed E-state index contributed by atoms with van der Waals surface area (Å²) in [5.74, 6) is 0. The molecule has 0 amide bonds. The summed E-state index contributed by atoms with van der Waals surface area (Å²) in [4.78, 5) is 2.11. The van der Waals surface area contributed by atoms with E-state index >= 15 is 0 Å². The Hall–Kier alpha value is 0.478. The SMILES string of the molecule is CNCN(C)[CH]=[W]. The number of hydrogen-bond acceptors (Lipinski definition) is 2. The second-order valence-electron chi connectivity index (χ2n) is 1.37. The summed E-state index contributed by atoms with van der Waals surface area (Å²) < 4.78 is 2.11. The van der Waals surface area contributed by atoms with E-state index in [1.165, 1.54) is 19.4 Å². The van der Waals surface area contributed by atoms with Crippen molar-refractivity contribution in [3.63, 3.8) is 0 Å². The van der Waals surface area contributed by atoms with E-state index in [-0.39, 0.29) is 0 Å². The van der Waals surface area contributed by atoms with Crippen molar-refractivity contribution in [1.29, 1.82) is 0 Å². The molecule has 0 bridgehead atoms. The first-order valence-corrected chi connectivity index (χ1v) is 3.80. The van der Waals surface area contributed by atoms with Gasteiger partial charge in [0.1, 0.15) is 0 Å². The van der Waals surface area contributed by atoms with Gasteiger partial charge in [-0.05, 0) is 0 Å². The van der Waals surface area contributed by atoms with Gasteiger partial charge in [0.05, 0.1) is 0 Å². The Morgan fingerprint density at radius 2 is 2.43 bits per heavy atom. The molecule has 2 nitrogen and oxygen atoms in total. The van der Waals surface area contributed by atoms with Crippen LogP contribution in [0.5, 0.6) is 0 Å². The van der Waals surface area contributed by atoms with Crippen molar-refractivity contribution in [3.05, 3.63) is 0 Å². The molecule has 0 aromatic heterocycles. The van der Waals surface area contributed by atoms with Gasteiger partial charge in [0.25, 0.3) is 0 Å². The fourth-order valence-electron chi connectivity index (χ4n) is 0.287. The minimum atomic E-state index is 0.948. The Bertz CT molecular complexity index is 55.7. The maximum atomic E-state index is 3.03. The van der Waals surface area contributed by atoms with Crippen LogP contribution in [0.4, 0.5) is 0 Å². The van der Waals surface area contributed by atoms with E-state index in [0.717, 1.165) is 6.67 Å². The average molecular weight is 270 g/mol. The Morgan fingerprint density at radius 1 is 1.86 bits per heavy atom. The van der Waals surface area contributed by atoms with Crippen molar-refractivity contribution in [2.24, 2.45) is 0 Å². The van der Waals surface area contributed by atoms with Crippen molar-refractivity contribution in [1.82, 2.24) is 10.2 Å². The summed E-state index contributed by atoms with van der Waals surface area (Å²) in [6.07, 6.45) is 0. The van der Waals surface area contributed by atoms with Gasteiger partial charge < -0.3 is 0 Å². The first kappa shape index (κ1) is 7.48. The summed E-state index contributed by atoms with van der Waals surface area (Å²) in [7, 11) is 3.98. The molecule has 7 heavy (non-hydrogen) atoms. The molecule has 0 rings (SSSR count).